The number of carbonyl (C=O) groups excluding carboxylic acids is 1. The van der Waals surface area contributed by atoms with Crippen LogP contribution in [-0.4, -0.2) is 140 Å². The Morgan fingerprint density at radius 3 is 1.46 bits per heavy atom. The highest BCUT2D eigenvalue weighted by atomic mass is 16.7. The molecular weight excluding hydrogens is 883 g/mol. The zero-order valence-corrected chi connectivity index (χ0v) is 42.8. The molecule has 0 bridgehead atoms. The third kappa shape index (κ3) is 28.1. The lowest BCUT2D eigenvalue weighted by atomic mass is 9.97. The number of unbranched alkanes of at least 4 members (excludes halogenated alkanes) is 23. The fraction of sp³-hybridized carbons (Fsp3) is 0.836. The van der Waals surface area contributed by atoms with Crippen LogP contribution in [0.4, 0.5) is 0 Å². The summed E-state index contributed by atoms with van der Waals surface area (Å²) in [6, 6.07) is -0.918. The van der Waals surface area contributed by atoms with E-state index in [1.165, 1.54) is 116 Å². The Balaban J connectivity index is 1.78. The fourth-order valence-electron chi connectivity index (χ4n) is 8.77. The first-order valence-corrected chi connectivity index (χ1v) is 27.4. The second kappa shape index (κ2) is 41.4. The van der Waals surface area contributed by atoms with Crippen LogP contribution in [0, 0.1) is 0 Å². The van der Waals surface area contributed by atoms with Gasteiger partial charge in [0, 0.05) is 6.42 Å². The molecule has 2 saturated heterocycles. The van der Waals surface area contributed by atoms with Crippen molar-refractivity contribution in [2.45, 2.75) is 274 Å². The molecule has 2 aliphatic heterocycles. The topological polar surface area (TPSA) is 228 Å². The number of aliphatic hydroxyl groups is 8. The zero-order valence-electron chi connectivity index (χ0n) is 42.8. The van der Waals surface area contributed by atoms with Gasteiger partial charge in [-0.25, -0.2) is 0 Å². The smallest absolute Gasteiger partial charge is 0.220 e. The van der Waals surface area contributed by atoms with Crippen molar-refractivity contribution in [1.82, 2.24) is 5.32 Å². The van der Waals surface area contributed by atoms with Gasteiger partial charge in [0.2, 0.25) is 5.91 Å². The van der Waals surface area contributed by atoms with E-state index in [1.54, 1.807) is 6.08 Å². The highest BCUT2D eigenvalue weighted by molar-refractivity contribution is 5.76. The molecular formula is C55H99NO13. The van der Waals surface area contributed by atoms with E-state index in [1.807, 2.05) is 6.08 Å². The van der Waals surface area contributed by atoms with Crippen molar-refractivity contribution in [3.63, 3.8) is 0 Å². The van der Waals surface area contributed by atoms with E-state index in [-0.39, 0.29) is 18.9 Å². The molecule has 9 N–H and O–H groups in total. The van der Waals surface area contributed by atoms with Crippen LogP contribution in [-0.2, 0) is 23.7 Å². The van der Waals surface area contributed by atoms with E-state index in [0.29, 0.717) is 6.42 Å². The standard InChI is InChI=1S/C55H99NO13/c1-3-5-7-9-11-13-15-17-18-19-20-21-22-23-24-25-26-27-29-31-33-35-37-39-47(60)56-43(44(59)38-36-34-32-30-28-16-14-12-10-8-6-4-2)42-66-54-52(65)50(63)53(46(41-58)68-54)69-55-51(64)49(62)48(61)45(40-57)67-55/h15,17,19-20,22-23,36,38,43-46,48-55,57-59,61-65H,3-14,16,18,21,24-35,37,39-42H2,1-2H3,(H,56,60)/b17-15-,20-19-,23-22-,38-36+. The van der Waals surface area contributed by atoms with Crippen LogP contribution in [0.25, 0.3) is 0 Å². The summed E-state index contributed by atoms with van der Waals surface area (Å²) in [4.78, 5) is 13.2. The zero-order chi connectivity index (χ0) is 50.3. The predicted molar refractivity (Wildman–Crippen MR) is 272 cm³/mol. The maximum absolute atomic E-state index is 13.2. The molecule has 2 fully saturated rings. The van der Waals surface area contributed by atoms with E-state index in [4.69, 9.17) is 18.9 Å². The van der Waals surface area contributed by atoms with Gasteiger partial charge in [-0.3, -0.25) is 4.79 Å². The predicted octanol–water partition coefficient (Wildman–Crippen LogP) is 8.05. The summed E-state index contributed by atoms with van der Waals surface area (Å²) in [7, 11) is 0. The van der Waals surface area contributed by atoms with Gasteiger partial charge in [-0.1, -0.05) is 184 Å². The van der Waals surface area contributed by atoms with Crippen LogP contribution in [0.1, 0.15) is 200 Å². The molecule has 0 aromatic heterocycles. The Bertz CT molecular complexity index is 1340. The van der Waals surface area contributed by atoms with Gasteiger partial charge in [-0.15, -0.1) is 0 Å². The Labute approximate surface area is 416 Å². The summed E-state index contributed by atoms with van der Waals surface area (Å²) in [5.41, 5.74) is 0. The van der Waals surface area contributed by atoms with Crippen LogP contribution in [0.15, 0.2) is 48.6 Å². The molecule has 2 heterocycles. The van der Waals surface area contributed by atoms with E-state index in [0.717, 1.165) is 57.8 Å². The Kier molecular flexibility index (Phi) is 37.9. The number of amides is 1. The molecule has 0 saturated carbocycles. The molecule has 1 amide bonds. The third-order valence-corrected chi connectivity index (χ3v) is 13.3. The summed E-state index contributed by atoms with van der Waals surface area (Å²) < 4.78 is 22.7. The second-order valence-corrected chi connectivity index (χ2v) is 19.4. The molecule has 0 aromatic carbocycles. The molecule has 2 rings (SSSR count). The van der Waals surface area contributed by atoms with Crippen LogP contribution in [0.2, 0.25) is 0 Å². The minimum atomic E-state index is -1.79. The summed E-state index contributed by atoms with van der Waals surface area (Å²) in [5, 5.41) is 86.8. The lowest BCUT2D eigenvalue weighted by Crippen LogP contribution is -2.65. The average Bonchev–Trinajstić information content (AvgIpc) is 3.35. The number of hydrogen-bond acceptors (Lipinski definition) is 13. The number of rotatable bonds is 42. The minimum absolute atomic E-state index is 0.249. The van der Waals surface area contributed by atoms with Crippen LogP contribution >= 0.6 is 0 Å². The number of allylic oxidation sites excluding steroid dienone is 7. The van der Waals surface area contributed by atoms with E-state index >= 15 is 0 Å². The molecule has 0 radical (unpaired) electrons. The summed E-state index contributed by atoms with van der Waals surface area (Å²) in [6.45, 7) is 2.75. The van der Waals surface area contributed by atoms with E-state index in [2.05, 4.69) is 55.6 Å². The van der Waals surface area contributed by atoms with Gasteiger partial charge in [0.15, 0.2) is 12.6 Å². The Morgan fingerprint density at radius 1 is 0.522 bits per heavy atom. The van der Waals surface area contributed by atoms with Crippen molar-refractivity contribution in [2.75, 3.05) is 19.8 Å². The van der Waals surface area contributed by atoms with Crippen molar-refractivity contribution < 1.29 is 64.6 Å². The molecule has 0 aromatic rings. The summed E-state index contributed by atoms with van der Waals surface area (Å²) in [6.07, 6.45) is 32.9. The number of ether oxygens (including phenoxy) is 4. The fourth-order valence-corrected chi connectivity index (χ4v) is 8.77. The van der Waals surface area contributed by atoms with Crippen molar-refractivity contribution in [3.8, 4) is 0 Å². The Morgan fingerprint density at radius 2 is 0.957 bits per heavy atom. The highest BCUT2D eigenvalue weighted by Crippen LogP contribution is 2.30. The Hall–Kier alpha value is -2.05. The first-order valence-electron chi connectivity index (χ1n) is 27.4. The number of aliphatic hydroxyl groups excluding tert-OH is 8. The monoisotopic (exact) mass is 982 g/mol. The van der Waals surface area contributed by atoms with Gasteiger partial charge in [-0.05, 0) is 57.8 Å². The van der Waals surface area contributed by atoms with Crippen molar-refractivity contribution in [2.24, 2.45) is 0 Å². The molecule has 2 aliphatic rings. The van der Waals surface area contributed by atoms with Gasteiger partial charge in [0.25, 0.3) is 0 Å². The molecule has 14 nitrogen and oxygen atoms in total. The minimum Gasteiger partial charge on any atom is -0.394 e. The van der Waals surface area contributed by atoms with Gasteiger partial charge in [0.1, 0.15) is 48.8 Å². The van der Waals surface area contributed by atoms with E-state index < -0.39 is 86.8 Å². The quantitative estimate of drug-likeness (QED) is 0.0209. The summed E-state index contributed by atoms with van der Waals surface area (Å²) in [5.74, 6) is -0.249. The second-order valence-electron chi connectivity index (χ2n) is 19.4. The number of nitrogens with one attached hydrogen (secondary N) is 1. The molecule has 14 heteroatoms. The maximum Gasteiger partial charge on any atom is 0.220 e. The molecule has 12 atom stereocenters. The average molecular weight is 982 g/mol. The number of hydrogen-bond donors (Lipinski definition) is 9. The van der Waals surface area contributed by atoms with Crippen LogP contribution in [0.5, 0.6) is 0 Å². The summed E-state index contributed by atoms with van der Waals surface area (Å²) >= 11 is 0. The molecule has 402 valence electrons. The van der Waals surface area contributed by atoms with Gasteiger partial charge in [-0.2, -0.15) is 0 Å². The molecule has 0 aliphatic carbocycles. The lowest BCUT2D eigenvalue weighted by molar-refractivity contribution is -0.359. The third-order valence-electron chi connectivity index (χ3n) is 13.3. The van der Waals surface area contributed by atoms with Gasteiger partial charge in [0.05, 0.1) is 32.0 Å². The largest absolute Gasteiger partial charge is 0.394 e. The van der Waals surface area contributed by atoms with Gasteiger partial charge >= 0.3 is 0 Å². The van der Waals surface area contributed by atoms with E-state index in [9.17, 15) is 45.6 Å². The molecule has 69 heavy (non-hydrogen) atoms. The van der Waals surface area contributed by atoms with Crippen molar-refractivity contribution in [1.29, 1.82) is 0 Å². The maximum atomic E-state index is 13.2. The van der Waals surface area contributed by atoms with Crippen LogP contribution < -0.4 is 5.32 Å². The molecule has 12 unspecified atom stereocenters. The highest BCUT2D eigenvalue weighted by Gasteiger charge is 2.51. The SMILES string of the molecule is CCCCCCC/C=C\C/C=C\C/C=C\CCCCCCCCCCC(=O)NC(COC1OC(CO)C(OC2OC(CO)C(O)C(O)C2O)C(O)C1O)C(O)/C=C/CCCCCCCCCCCC. The van der Waals surface area contributed by atoms with Crippen molar-refractivity contribution in [3.05, 3.63) is 48.6 Å². The van der Waals surface area contributed by atoms with Crippen molar-refractivity contribution >= 4 is 5.91 Å². The molecule has 0 spiro atoms. The van der Waals surface area contributed by atoms with Crippen LogP contribution in [0.3, 0.4) is 0 Å². The number of carbonyl (C=O) groups is 1. The first-order chi connectivity index (χ1) is 33.6. The normalized spacial score (nSPS) is 26.5. The lowest BCUT2D eigenvalue weighted by Gasteiger charge is -2.46. The first kappa shape index (κ1) is 63.1. The van der Waals surface area contributed by atoms with Gasteiger partial charge < -0.3 is 65.1 Å².